The van der Waals surface area contributed by atoms with E-state index in [4.69, 9.17) is 0 Å². The second-order valence-corrected chi connectivity index (χ2v) is 5.54. The number of nitrogens with one attached hydrogen (secondary N) is 2. The van der Waals surface area contributed by atoms with Gasteiger partial charge in [-0.1, -0.05) is 30.3 Å². The van der Waals surface area contributed by atoms with Crippen molar-refractivity contribution in [3.8, 4) is 5.75 Å². The molecule has 7 nitrogen and oxygen atoms in total. The molecule has 1 aromatic carbocycles. The van der Waals surface area contributed by atoms with Crippen LogP contribution in [0.15, 0.2) is 58.8 Å². The third kappa shape index (κ3) is 2.89. The van der Waals surface area contributed by atoms with Gasteiger partial charge in [-0.15, -0.1) is 0 Å². The summed E-state index contributed by atoms with van der Waals surface area (Å²) >= 11 is 0. The first-order valence-corrected chi connectivity index (χ1v) is 7.38. The molecule has 0 fully saturated rings. The minimum Gasteiger partial charge on any atom is -0.506 e. The Bertz CT molecular complexity index is 871. The predicted molar refractivity (Wildman–Crippen MR) is 88.3 cm³/mol. The van der Waals surface area contributed by atoms with E-state index >= 15 is 0 Å². The maximum atomic E-state index is 11.9. The minimum atomic E-state index is -1.22. The molecule has 0 saturated carbocycles. The summed E-state index contributed by atoms with van der Waals surface area (Å²) in [5.41, 5.74) is 1.38. The van der Waals surface area contributed by atoms with Gasteiger partial charge in [0.25, 0.3) is 5.56 Å². The first kappa shape index (κ1) is 15.8. The van der Waals surface area contributed by atoms with Crippen molar-refractivity contribution in [2.75, 3.05) is 5.32 Å². The van der Waals surface area contributed by atoms with E-state index in [1.54, 1.807) is 0 Å². The Morgan fingerprint density at radius 2 is 1.92 bits per heavy atom. The van der Waals surface area contributed by atoms with Gasteiger partial charge in [-0.25, -0.2) is 0 Å². The predicted octanol–water partition coefficient (Wildman–Crippen LogP) is 0.448. The molecule has 1 aliphatic carbocycles. The van der Waals surface area contributed by atoms with E-state index in [1.807, 2.05) is 30.3 Å². The fourth-order valence-corrected chi connectivity index (χ4v) is 2.42. The monoisotopic (exact) mass is 327 g/mol. The molecular weight excluding hydrogens is 310 g/mol. The number of aliphatic hydroxyl groups excluding tert-OH is 1. The van der Waals surface area contributed by atoms with E-state index in [2.05, 4.69) is 10.6 Å². The van der Waals surface area contributed by atoms with Gasteiger partial charge in [0, 0.05) is 25.9 Å². The van der Waals surface area contributed by atoms with Crippen molar-refractivity contribution in [2.24, 2.45) is 7.05 Å². The molecule has 24 heavy (non-hydrogen) atoms. The zero-order chi connectivity index (χ0) is 17.3. The summed E-state index contributed by atoms with van der Waals surface area (Å²) in [4.78, 5) is 23.3. The Morgan fingerprint density at radius 1 is 1.21 bits per heavy atom. The summed E-state index contributed by atoms with van der Waals surface area (Å²) in [5, 5.41) is 25.5. The Kier molecular flexibility index (Phi) is 4.09. The zero-order valence-corrected chi connectivity index (χ0v) is 13.0. The van der Waals surface area contributed by atoms with Crippen LogP contribution in [-0.2, 0) is 18.4 Å². The highest BCUT2D eigenvalue weighted by atomic mass is 16.3. The number of nitrogens with zero attached hydrogens (tertiary/aromatic N) is 1. The maximum Gasteiger partial charge on any atom is 0.254 e. The molecule has 1 unspecified atom stereocenters. The van der Waals surface area contributed by atoms with Crippen LogP contribution in [0.4, 0.5) is 5.69 Å². The summed E-state index contributed by atoms with van der Waals surface area (Å²) in [6.45, 7) is 0.449. The fourth-order valence-electron chi connectivity index (χ4n) is 2.42. The highest BCUT2D eigenvalue weighted by Gasteiger charge is 2.38. The first-order valence-electron chi connectivity index (χ1n) is 7.38. The summed E-state index contributed by atoms with van der Waals surface area (Å²) in [6.07, 6.45) is 0.170. The molecule has 1 aromatic heterocycles. The molecule has 1 aliphatic rings. The van der Waals surface area contributed by atoms with Gasteiger partial charge in [0.1, 0.15) is 11.4 Å². The van der Waals surface area contributed by atoms with Gasteiger partial charge < -0.3 is 25.4 Å². The molecular formula is C17H17N3O4. The van der Waals surface area contributed by atoms with Crippen molar-refractivity contribution < 1.29 is 15.0 Å². The van der Waals surface area contributed by atoms with Gasteiger partial charge in [0.15, 0.2) is 6.10 Å². The van der Waals surface area contributed by atoms with Crippen LogP contribution in [0.5, 0.6) is 5.75 Å². The Hall–Kier alpha value is -3.06. The van der Waals surface area contributed by atoms with Crippen LogP contribution in [0.25, 0.3) is 0 Å². The molecule has 1 heterocycles. The number of aromatic nitrogens is 1. The van der Waals surface area contributed by atoms with E-state index in [9.17, 15) is 19.8 Å². The zero-order valence-electron chi connectivity index (χ0n) is 13.0. The molecule has 2 aromatic rings. The van der Waals surface area contributed by atoms with Gasteiger partial charge in [-0.2, -0.15) is 0 Å². The number of aliphatic hydroxyl groups is 1. The Labute approximate surface area is 137 Å². The number of carbonyl (C=O) groups excluding carboxylic acids is 1. The molecule has 4 N–H and O–H groups in total. The first-order chi connectivity index (χ1) is 11.5. The van der Waals surface area contributed by atoms with E-state index in [0.717, 1.165) is 11.6 Å². The van der Waals surface area contributed by atoms with E-state index < -0.39 is 11.9 Å². The van der Waals surface area contributed by atoms with Crippen molar-refractivity contribution in [1.29, 1.82) is 0 Å². The third-order valence-corrected chi connectivity index (χ3v) is 3.83. The molecule has 1 atom stereocenters. The average molecular weight is 327 g/mol. The number of hydrogen-bond donors (Lipinski definition) is 4. The van der Waals surface area contributed by atoms with Crippen LogP contribution in [0.1, 0.15) is 5.56 Å². The molecule has 3 rings (SSSR count). The highest BCUT2D eigenvalue weighted by molar-refractivity contribution is 6.10. The molecule has 0 radical (unpaired) electrons. The average Bonchev–Trinajstić information content (AvgIpc) is 2.58. The largest absolute Gasteiger partial charge is 0.506 e. The molecule has 124 valence electrons. The van der Waals surface area contributed by atoms with Gasteiger partial charge >= 0.3 is 0 Å². The van der Waals surface area contributed by atoms with Crippen molar-refractivity contribution in [3.05, 3.63) is 69.9 Å². The molecule has 0 bridgehead atoms. The third-order valence-electron chi connectivity index (χ3n) is 3.83. The van der Waals surface area contributed by atoms with Crippen molar-refractivity contribution in [2.45, 2.75) is 12.6 Å². The van der Waals surface area contributed by atoms with Gasteiger partial charge in [0.05, 0.1) is 11.4 Å². The number of carbonyl (C=O) groups is 1. The van der Waals surface area contributed by atoms with Crippen molar-refractivity contribution in [1.82, 2.24) is 9.88 Å². The normalized spacial score (nSPS) is 16.8. The van der Waals surface area contributed by atoms with E-state index in [-0.39, 0.29) is 22.7 Å². The maximum absolute atomic E-state index is 11.9. The smallest absolute Gasteiger partial charge is 0.254 e. The minimum absolute atomic E-state index is 0.174. The van der Waals surface area contributed by atoms with Crippen LogP contribution < -0.4 is 16.2 Å². The molecule has 7 heteroatoms. The molecule has 0 spiro atoms. The number of benzene rings is 1. The van der Waals surface area contributed by atoms with Crippen molar-refractivity contribution in [3.63, 3.8) is 0 Å². The fraction of sp³-hybridized carbons (Fsp3) is 0.176. The van der Waals surface area contributed by atoms with Gasteiger partial charge in [-0.3, -0.25) is 9.59 Å². The second kappa shape index (κ2) is 6.21. The van der Waals surface area contributed by atoms with Crippen LogP contribution >= 0.6 is 0 Å². The summed E-state index contributed by atoms with van der Waals surface area (Å²) < 4.78 is 1.28. The Balaban J connectivity index is 1.82. The standard InChI is InChI=1S/C17H17N3O4/c1-20-9-11(12(21)7-13(20)22)19-15-14(16(23)17(15)24)18-8-10-5-3-2-4-6-10/h2-7,9,16,18-19,21,23H,8H2,1H3. The lowest BCUT2D eigenvalue weighted by molar-refractivity contribution is -0.124. The van der Waals surface area contributed by atoms with E-state index in [1.165, 1.54) is 17.8 Å². The molecule has 0 amide bonds. The number of anilines is 1. The number of ketones is 1. The summed E-state index contributed by atoms with van der Waals surface area (Å²) in [5.74, 6) is -0.735. The summed E-state index contributed by atoms with van der Waals surface area (Å²) in [6, 6.07) is 10.6. The van der Waals surface area contributed by atoms with Crippen LogP contribution in [0.2, 0.25) is 0 Å². The highest BCUT2D eigenvalue weighted by Crippen LogP contribution is 2.28. The lowest BCUT2D eigenvalue weighted by atomic mass is 9.94. The van der Waals surface area contributed by atoms with Crippen LogP contribution in [0.3, 0.4) is 0 Å². The number of aromatic hydroxyl groups is 1. The summed E-state index contributed by atoms with van der Waals surface area (Å²) in [7, 11) is 1.54. The van der Waals surface area contributed by atoms with Crippen LogP contribution in [0, 0.1) is 0 Å². The van der Waals surface area contributed by atoms with Gasteiger partial charge in [0.2, 0.25) is 5.78 Å². The quantitative estimate of drug-likeness (QED) is 0.636. The molecule has 0 aliphatic heterocycles. The lowest BCUT2D eigenvalue weighted by Crippen LogP contribution is -2.45. The Morgan fingerprint density at radius 3 is 2.62 bits per heavy atom. The second-order valence-electron chi connectivity index (χ2n) is 5.54. The SMILES string of the molecule is Cn1cc(NC2=C(NCc3ccccc3)C(O)C2=O)c(O)cc1=O. The van der Waals surface area contributed by atoms with Crippen LogP contribution in [-0.4, -0.2) is 26.7 Å². The lowest BCUT2D eigenvalue weighted by Gasteiger charge is -2.29. The number of Topliss-reactive ketones (excluding diaryl/α,β-unsaturated/α-hetero) is 1. The van der Waals surface area contributed by atoms with Gasteiger partial charge in [-0.05, 0) is 5.56 Å². The number of rotatable bonds is 5. The number of pyridine rings is 1. The number of aryl methyl sites for hydroxylation is 1. The number of hydrogen-bond acceptors (Lipinski definition) is 6. The topological polar surface area (TPSA) is 104 Å². The van der Waals surface area contributed by atoms with Crippen molar-refractivity contribution >= 4 is 11.5 Å². The van der Waals surface area contributed by atoms with E-state index in [0.29, 0.717) is 12.2 Å². The molecule has 0 saturated heterocycles.